The average Bonchev–Trinajstić information content (AvgIpc) is 3.78. The number of piperidine rings is 1. The molecule has 58 heavy (non-hydrogen) atoms. The van der Waals surface area contributed by atoms with Crippen LogP contribution in [0.1, 0.15) is 74.5 Å². The first-order valence-corrected chi connectivity index (χ1v) is 19.6. The van der Waals surface area contributed by atoms with Gasteiger partial charge in [0, 0.05) is 85.6 Å². The van der Waals surface area contributed by atoms with Crippen molar-refractivity contribution in [2.24, 2.45) is 5.92 Å². The maximum atomic E-state index is 16.1. The van der Waals surface area contributed by atoms with Crippen molar-refractivity contribution in [1.29, 1.82) is 0 Å². The minimum absolute atomic E-state index is 0.0457. The van der Waals surface area contributed by atoms with Gasteiger partial charge in [0.1, 0.15) is 17.7 Å². The molecule has 6 aliphatic rings. The Morgan fingerprint density at radius 2 is 1.55 bits per heavy atom. The molecule has 1 aromatic heterocycles. The smallest absolute Gasteiger partial charge is 0.262 e. The molecule has 10 rings (SSSR count). The Hall–Kier alpha value is -5.61. The fraction of sp³-hybridized carbons (Fsp3) is 0.405. The number of anilines is 1. The van der Waals surface area contributed by atoms with E-state index in [4.69, 9.17) is 0 Å². The number of nitrogens with zero attached hydrogens (tertiary/aromatic N) is 5. The van der Waals surface area contributed by atoms with Gasteiger partial charge < -0.3 is 14.8 Å². The summed E-state index contributed by atoms with van der Waals surface area (Å²) in [6, 6.07) is 10.9. The summed E-state index contributed by atoms with van der Waals surface area (Å²) in [6.07, 6.45) is -2.11. The van der Waals surface area contributed by atoms with E-state index in [0.717, 1.165) is 32.5 Å². The topological polar surface area (TPSA) is 129 Å². The quantitative estimate of drug-likeness (QED) is 0.211. The highest BCUT2D eigenvalue weighted by atomic mass is 19.3. The summed E-state index contributed by atoms with van der Waals surface area (Å²) in [5.41, 5.74) is 4.43. The van der Waals surface area contributed by atoms with Crippen LogP contribution in [0, 0.1) is 17.6 Å². The number of H-pyrrole nitrogens is 1. The highest BCUT2D eigenvalue weighted by Gasteiger charge is 2.47. The molecule has 3 aromatic carbocycles. The van der Waals surface area contributed by atoms with Crippen LogP contribution in [0.3, 0.4) is 0 Å². The minimum atomic E-state index is -2.70. The molecule has 16 heteroatoms. The lowest BCUT2D eigenvalue weighted by Crippen LogP contribution is -2.64. The van der Waals surface area contributed by atoms with Gasteiger partial charge in [-0.05, 0) is 66.8 Å². The summed E-state index contributed by atoms with van der Waals surface area (Å²) < 4.78 is 60.0. The monoisotopic (exact) mass is 797 g/mol. The van der Waals surface area contributed by atoms with E-state index in [1.807, 2.05) is 24.3 Å². The number of para-hydroxylation sites is 1. The van der Waals surface area contributed by atoms with E-state index in [9.17, 15) is 32.8 Å². The SMILES string of the molecule is C[C@@H]1Cc2c([nH]c3ccccc23)[C@@H](c2c(F)cc(N3CC(C(=O)N4CC(N5Cc6cc7c(cc6C5)C(=O)N(C5CCC(=O)NC5=O)C7=O)C4)C3)cc2F)N1CC(F)F. The summed E-state index contributed by atoms with van der Waals surface area (Å²) in [6.45, 7) is 3.75. The predicted molar refractivity (Wildman–Crippen MR) is 201 cm³/mol. The van der Waals surface area contributed by atoms with Crippen LogP contribution >= 0.6 is 0 Å². The van der Waals surface area contributed by atoms with Crippen LogP contribution in [0.25, 0.3) is 10.9 Å². The van der Waals surface area contributed by atoms with Gasteiger partial charge in [0.2, 0.25) is 17.7 Å². The van der Waals surface area contributed by atoms with Crippen molar-refractivity contribution in [1.82, 2.24) is 29.9 Å². The molecule has 3 fully saturated rings. The number of rotatable bonds is 7. The predicted octanol–water partition coefficient (Wildman–Crippen LogP) is 4.11. The van der Waals surface area contributed by atoms with Gasteiger partial charge >= 0.3 is 0 Å². The van der Waals surface area contributed by atoms with Gasteiger partial charge in [-0.3, -0.25) is 44.0 Å². The second-order valence-corrected chi connectivity index (χ2v) is 16.4. The van der Waals surface area contributed by atoms with Crippen LogP contribution in [0.5, 0.6) is 0 Å². The molecule has 4 aromatic rings. The number of halogens is 4. The van der Waals surface area contributed by atoms with E-state index < -0.39 is 66.4 Å². The second-order valence-electron chi connectivity index (χ2n) is 16.4. The molecular formula is C42H39F4N7O5. The van der Waals surface area contributed by atoms with E-state index in [1.54, 1.807) is 28.9 Å². The zero-order chi connectivity index (χ0) is 40.3. The molecule has 0 spiro atoms. The Kier molecular flexibility index (Phi) is 8.53. The molecular weight excluding hydrogens is 758 g/mol. The normalized spacial score (nSPS) is 24.0. The van der Waals surface area contributed by atoms with E-state index in [2.05, 4.69) is 15.2 Å². The molecule has 0 bridgehead atoms. The molecule has 3 atom stereocenters. The third-order valence-electron chi connectivity index (χ3n) is 13.0. The lowest BCUT2D eigenvalue weighted by molar-refractivity contribution is -0.144. The van der Waals surface area contributed by atoms with Crippen LogP contribution in [0.15, 0.2) is 48.5 Å². The molecule has 300 valence electrons. The molecule has 1 unspecified atom stereocenters. The molecule has 0 aliphatic carbocycles. The lowest BCUT2D eigenvalue weighted by Gasteiger charge is -2.48. The van der Waals surface area contributed by atoms with Crippen molar-refractivity contribution in [3.05, 3.63) is 99.2 Å². The number of nitrogens with one attached hydrogen (secondary N) is 2. The third kappa shape index (κ3) is 5.74. The van der Waals surface area contributed by atoms with E-state index >= 15 is 8.78 Å². The van der Waals surface area contributed by atoms with Crippen molar-refractivity contribution in [2.45, 2.75) is 69.9 Å². The third-order valence-corrected chi connectivity index (χ3v) is 13.0. The van der Waals surface area contributed by atoms with Gasteiger partial charge in [0.25, 0.3) is 18.2 Å². The zero-order valence-electron chi connectivity index (χ0n) is 31.4. The largest absolute Gasteiger partial charge is 0.370 e. The number of aromatic amines is 1. The number of carbonyl (C=O) groups is 5. The van der Waals surface area contributed by atoms with Gasteiger partial charge in [0.15, 0.2) is 0 Å². The molecule has 3 saturated heterocycles. The number of amides is 5. The minimum Gasteiger partial charge on any atom is -0.370 e. The van der Waals surface area contributed by atoms with Crippen LogP contribution < -0.4 is 10.2 Å². The standard InChI is InChI=1S/C42H39F4N7O5/c1-20-8-27-26-4-2-3-5-32(26)47-37(27)38(52(20)19-34(45)46)36-30(43)11-24(12-31(36)44)49-15-23(16-49)40(56)51-17-25(18-51)50-13-21-9-28-29(10-22(21)14-50)42(58)53(41(28)57)33-6-7-35(54)48-39(33)55/h2-5,9-12,20,23,25,33-34,38,47H,6-8,13-19H2,1H3,(H,48,54,55)/t20-,33?,38-/m1/s1. The Balaban J connectivity index is 0.776. The number of likely N-dealkylation sites (tertiary alicyclic amines) is 1. The molecule has 7 heterocycles. The number of alkyl halides is 2. The Labute approximate surface area is 329 Å². The van der Waals surface area contributed by atoms with E-state index in [-0.39, 0.29) is 66.2 Å². The summed E-state index contributed by atoms with van der Waals surface area (Å²) >= 11 is 0. The number of fused-ring (bicyclic) bond motifs is 5. The van der Waals surface area contributed by atoms with Crippen LogP contribution in [0.2, 0.25) is 0 Å². The van der Waals surface area contributed by atoms with Crippen molar-refractivity contribution >= 4 is 46.1 Å². The first-order valence-electron chi connectivity index (χ1n) is 19.6. The van der Waals surface area contributed by atoms with Crippen molar-refractivity contribution in [2.75, 3.05) is 37.6 Å². The highest BCUT2D eigenvalue weighted by Crippen LogP contribution is 2.44. The van der Waals surface area contributed by atoms with Crippen LogP contribution in [-0.4, -0.2) is 111 Å². The summed E-state index contributed by atoms with van der Waals surface area (Å²) in [4.78, 5) is 75.5. The average molecular weight is 798 g/mol. The highest BCUT2D eigenvalue weighted by molar-refractivity contribution is 6.23. The Morgan fingerprint density at radius 3 is 2.19 bits per heavy atom. The summed E-state index contributed by atoms with van der Waals surface area (Å²) in [7, 11) is 0. The number of benzene rings is 3. The summed E-state index contributed by atoms with van der Waals surface area (Å²) in [5.74, 6) is -4.26. The van der Waals surface area contributed by atoms with Gasteiger partial charge in [-0.2, -0.15) is 0 Å². The number of carbonyl (C=O) groups excluding carboxylic acids is 5. The Bertz CT molecular complexity index is 2390. The second kappa shape index (κ2) is 13.5. The zero-order valence-corrected chi connectivity index (χ0v) is 31.4. The van der Waals surface area contributed by atoms with Gasteiger partial charge in [0.05, 0.1) is 29.6 Å². The van der Waals surface area contributed by atoms with Gasteiger partial charge in [-0.15, -0.1) is 0 Å². The molecule has 2 N–H and O–H groups in total. The fourth-order valence-corrected chi connectivity index (χ4v) is 9.90. The maximum Gasteiger partial charge on any atom is 0.262 e. The molecule has 12 nitrogen and oxygen atoms in total. The lowest BCUT2D eigenvalue weighted by atomic mass is 9.87. The van der Waals surface area contributed by atoms with Gasteiger partial charge in [-0.25, -0.2) is 17.6 Å². The molecule has 6 aliphatic heterocycles. The maximum absolute atomic E-state index is 16.1. The number of imide groups is 2. The Morgan fingerprint density at radius 1 is 0.897 bits per heavy atom. The van der Waals surface area contributed by atoms with Crippen molar-refractivity contribution < 1.29 is 41.5 Å². The molecule has 0 saturated carbocycles. The van der Waals surface area contributed by atoms with Crippen molar-refractivity contribution in [3.63, 3.8) is 0 Å². The van der Waals surface area contributed by atoms with Crippen molar-refractivity contribution in [3.8, 4) is 0 Å². The first kappa shape index (κ1) is 36.7. The first-order chi connectivity index (χ1) is 27.8. The van der Waals surface area contributed by atoms with E-state index in [1.165, 1.54) is 17.0 Å². The molecule has 5 amide bonds. The number of hydrogen-bond acceptors (Lipinski definition) is 8. The van der Waals surface area contributed by atoms with Crippen LogP contribution in [0.4, 0.5) is 23.2 Å². The van der Waals surface area contributed by atoms with Crippen LogP contribution in [-0.2, 0) is 33.9 Å². The van der Waals surface area contributed by atoms with E-state index in [0.29, 0.717) is 38.3 Å². The summed E-state index contributed by atoms with van der Waals surface area (Å²) in [5, 5.41) is 3.11. The number of aromatic nitrogens is 1. The fourth-order valence-electron chi connectivity index (χ4n) is 9.90. The number of hydrogen-bond donors (Lipinski definition) is 2. The molecule has 0 radical (unpaired) electrons. The van der Waals surface area contributed by atoms with Gasteiger partial charge in [-0.1, -0.05) is 18.2 Å².